The molecule has 0 radical (unpaired) electrons. The van der Waals surface area contributed by atoms with E-state index in [2.05, 4.69) is 25.6 Å². The zero-order chi connectivity index (χ0) is 13.8. The molecule has 2 N–H and O–H groups in total. The summed E-state index contributed by atoms with van der Waals surface area (Å²) < 4.78 is 0. The van der Waals surface area contributed by atoms with Gasteiger partial charge in [-0.25, -0.2) is 9.97 Å². The number of aromatic nitrogens is 3. The average Bonchev–Trinajstić information content (AvgIpc) is 3.30. The van der Waals surface area contributed by atoms with Gasteiger partial charge in [-0.3, -0.25) is 9.78 Å². The first kappa shape index (κ1) is 12.5. The van der Waals surface area contributed by atoms with Crippen LogP contribution in [0.2, 0.25) is 0 Å². The Balaban J connectivity index is 1.63. The second kappa shape index (κ2) is 5.64. The van der Waals surface area contributed by atoms with E-state index in [0.29, 0.717) is 24.1 Å². The lowest BCUT2D eigenvalue weighted by Crippen LogP contribution is -2.26. The lowest BCUT2D eigenvalue weighted by molar-refractivity contribution is 0.0946. The second-order valence-electron chi connectivity index (χ2n) is 4.71. The van der Waals surface area contributed by atoms with Crippen molar-refractivity contribution in [3.05, 3.63) is 48.2 Å². The first-order valence-corrected chi connectivity index (χ1v) is 6.58. The maximum atomic E-state index is 11.9. The van der Waals surface area contributed by atoms with Gasteiger partial charge < -0.3 is 10.6 Å². The van der Waals surface area contributed by atoms with Crippen molar-refractivity contribution in [2.45, 2.75) is 25.4 Å². The number of nitrogens with zero attached hydrogens (tertiary/aromatic N) is 3. The van der Waals surface area contributed by atoms with Crippen LogP contribution in [0.15, 0.2) is 36.8 Å². The van der Waals surface area contributed by atoms with Crippen molar-refractivity contribution in [2.75, 3.05) is 5.32 Å². The zero-order valence-corrected chi connectivity index (χ0v) is 10.9. The minimum Gasteiger partial charge on any atom is -0.364 e. The van der Waals surface area contributed by atoms with Crippen LogP contribution in [-0.2, 0) is 6.54 Å². The van der Waals surface area contributed by atoms with Gasteiger partial charge in [-0.1, -0.05) is 6.07 Å². The molecule has 0 saturated heterocycles. The van der Waals surface area contributed by atoms with Crippen molar-refractivity contribution in [1.29, 1.82) is 0 Å². The van der Waals surface area contributed by atoms with Crippen LogP contribution in [0, 0.1) is 0 Å². The minimum atomic E-state index is -0.143. The molecule has 0 atom stereocenters. The van der Waals surface area contributed by atoms with Gasteiger partial charge >= 0.3 is 0 Å². The lowest BCUT2D eigenvalue weighted by Gasteiger charge is -2.06. The molecule has 0 bridgehead atoms. The van der Waals surface area contributed by atoms with E-state index >= 15 is 0 Å². The van der Waals surface area contributed by atoms with Gasteiger partial charge in [0.15, 0.2) is 0 Å². The summed E-state index contributed by atoms with van der Waals surface area (Å²) in [6.45, 7) is 0.557. The molecule has 0 unspecified atom stereocenters. The summed E-state index contributed by atoms with van der Waals surface area (Å²) in [5.41, 5.74) is 1.30. The fourth-order valence-electron chi connectivity index (χ4n) is 1.75. The van der Waals surface area contributed by atoms with Crippen LogP contribution < -0.4 is 10.6 Å². The molecule has 0 aromatic carbocycles. The summed E-state index contributed by atoms with van der Waals surface area (Å²) in [4.78, 5) is 24.2. The van der Waals surface area contributed by atoms with E-state index in [-0.39, 0.29) is 5.91 Å². The van der Waals surface area contributed by atoms with Gasteiger partial charge in [0.2, 0.25) is 0 Å². The van der Waals surface area contributed by atoms with Crippen molar-refractivity contribution in [1.82, 2.24) is 20.3 Å². The van der Waals surface area contributed by atoms with Gasteiger partial charge in [-0.2, -0.15) is 0 Å². The normalized spacial score (nSPS) is 13.8. The smallest absolute Gasteiger partial charge is 0.270 e. The van der Waals surface area contributed by atoms with Crippen molar-refractivity contribution < 1.29 is 4.79 Å². The fourth-order valence-corrected chi connectivity index (χ4v) is 1.75. The third-order valence-corrected chi connectivity index (χ3v) is 2.99. The summed E-state index contributed by atoms with van der Waals surface area (Å²) in [5, 5.41) is 6.03. The molecule has 102 valence electrons. The Morgan fingerprint density at radius 1 is 1.25 bits per heavy atom. The highest BCUT2D eigenvalue weighted by atomic mass is 16.2. The molecule has 0 aliphatic heterocycles. The summed E-state index contributed by atoms with van der Waals surface area (Å²) in [6, 6.07) is 7.70. The number of anilines is 1. The highest BCUT2D eigenvalue weighted by molar-refractivity contribution is 5.93. The number of carbonyl (C=O) groups is 1. The van der Waals surface area contributed by atoms with E-state index in [0.717, 1.165) is 18.5 Å². The molecule has 1 aliphatic carbocycles. The van der Waals surface area contributed by atoms with Crippen molar-refractivity contribution >= 4 is 11.7 Å². The number of carbonyl (C=O) groups excluding carboxylic acids is 1. The molecule has 1 aliphatic rings. The third kappa shape index (κ3) is 3.28. The molecule has 20 heavy (non-hydrogen) atoms. The van der Waals surface area contributed by atoms with Crippen LogP contribution in [0.3, 0.4) is 0 Å². The molecule has 1 fully saturated rings. The SMILES string of the molecule is O=C(NC1CC1)c1cc(NCc2ccccn2)ncn1. The molecule has 6 nitrogen and oxygen atoms in total. The Bertz CT molecular complexity index is 598. The quantitative estimate of drug-likeness (QED) is 0.857. The standard InChI is InChI=1S/C14H15N5O/c20-14(19-10-4-5-10)12-7-13(18-9-17-12)16-8-11-3-1-2-6-15-11/h1-3,6-7,9-10H,4-5,8H2,(H,19,20)(H,16,17,18). The Kier molecular flexibility index (Phi) is 3.54. The third-order valence-electron chi connectivity index (χ3n) is 2.99. The average molecular weight is 269 g/mol. The summed E-state index contributed by atoms with van der Waals surface area (Å²) in [5.74, 6) is 0.474. The van der Waals surface area contributed by atoms with Crippen molar-refractivity contribution in [2.24, 2.45) is 0 Å². The van der Waals surface area contributed by atoms with Gasteiger partial charge in [0.1, 0.15) is 17.8 Å². The molecule has 1 saturated carbocycles. The van der Waals surface area contributed by atoms with Crippen molar-refractivity contribution in [3.8, 4) is 0 Å². The number of rotatable bonds is 5. The number of hydrogen-bond acceptors (Lipinski definition) is 5. The van der Waals surface area contributed by atoms with Gasteiger partial charge in [0.25, 0.3) is 5.91 Å². The Labute approximate surface area is 116 Å². The van der Waals surface area contributed by atoms with Crippen LogP contribution in [0.5, 0.6) is 0 Å². The molecular weight excluding hydrogens is 254 g/mol. The van der Waals surface area contributed by atoms with E-state index in [4.69, 9.17) is 0 Å². The van der Waals surface area contributed by atoms with Crippen LogP contribution in [0.1, 0.15) is 29.0 Å². The molecular formula is C14H15N5O. The Hall–Kier alpha value is -2.50. The van der Waals surface area contributed by atoms with Gasteiger partial charge in [0, 0.05) is 18.3 Å². The number of nitrogens with one attached hydrogen (secondary N) is 2. The first-order valence-electron chi connectivity index (χ1n) is 6.58. The fraction of sp³-hybridized carbons (Fsp3) is 0.286. The predicted molar refractivity (Wildman–Crippen MR) is 74.1 cm³/mol. The monoisotopic (exact) mass is 269 g/mol. The number of hydrogen-bond donors (Lipinski definition) is 2. The summed E-state index contributed by atoms with van der Waals surface area (Å²) >= 11 is 0. The first-order chi connectivity index (χ1) is 9.81. The predicted octanol–water partition coefficient (Wildman–Crippen LogP) is 1.38. The largest absolute Gasteiger partial charge is 0.364 e. The lowest BCUT2D eigenvalue weighted by atomic mass is 10.3. The maximum absolute atomic E-state index is 11.9. The Morgan fingerprint density at radius 2 is 2.15 bits per heavy atom. The van der Waals surface area contributed by atoms with Gasteiger partial charge in [0.05, 0.1) is 12.2 Å². The Morgan fingerprint density at radius 3 is 2.90 bits per heavy atom. The second-order valence-corrected chi connectivity index (χ2v) is 4.71. The molecule has 2 heterocycles. The molecule has 2 aromatic heterocycles. The van der Waals surface area contributed by atoms with Gasteiger partial charge in [-0.15, -0.1) is 0 Å². The van der Waals surface area contributed by atoms with E-state index in [1.807, 2.05) is 18.2 Å². The zero-order valence-electron chi connectivity index (χ0n) is 10.9. The number of amides is 1. The van der Waals surface area contributed by atoms with E-state index in [1.165, 1.54) is 6.33 Å². The highest BCUT2D eigenvalue weighted by Crippen LogP contribution is 2.19. The summed E-state index contributed by atoms with van der Waals surface area (Å²) in [7, 11) is 0. The van der Waals surface area contributed by atoms with Crippen LogP contribution in [0.25, 0.3) is 0 Å². The topological polar surface area (TPSA) is 79.8 Å². The van der Waals surface area contributed by atoms with E-state index < -0.39 is 0 Å². The minimum absolute atomic E-state index is 0.143. The van der Waals surface area contributed by atoms with Crippen molar-refractivity contribution in [3.63, 3.8) is 0 Å². The molecule has 0 spiro atoms. The molecule has 1 amide bonds. The van der Waals surface area contributed by atoms with E-state index in [9.17, 15) is 4.79 Å². The van der Waals surface area contributed by atoms with E-state index in [1.54, 1.807) is 12.3 Å². The van der Waals surface area contributed by atoms with Crippen LogP contribution in [0.4, 0.5) is 5.82 Å². The highest BCUT2D eigenvalue weighted by Gasteiger charge is 2.24. The molecule has 2 aromatic rings. The van der Waals surface area contributed by atoms with Gasteiger partial charge in [-0.05, 0) is 25.0 Å². The molecule has 6 heteroatoms. The van der Waals surface area contributed by atoms with Crippen LogP contribution >= 0.6 is 0 Å². The van der Waals surface area contributed by atoms with Crippen LogP contribution in [-0.4, -0.2) is 26.9 Å². The number of pyridine rings is 1. The molecule has 3 rings (SSSR count). The maximum Gasteiger partial charge on any atom is 0.270 e. The summed E-state index contributed by atoms with van der Waals surface area (Å²) in [6.07, 6.45) is 5.25.